The third-order valence-electron chi connectivity index (χ3n) is 2.80. The Balaban J connectivity index is 2.62. The number of nitrogen functional groups attached to an aromatic ring is 1. The highest BCUT2D eigenvalue weighted by molar-refractivity contribution is 7.98. The molecule has 19 heavy (non-hydrogen) atoms. The van der Waals surface area contributed by atoms with Gasteiger partial charge in [0.1, 0.15) is 0 Å². The van der Waals surface area contributed by atoms with E-state index in [1.165, 1.54) is 12.2 Å². The van der Waals surface area contributed by atoms with Crippen molar-refractivity contribution in [3.8, 4) is 0 Å². The fraction of sp³-hybridized carbons (Fsp3) is 0.500. The van der Waals surface area contributed by atoms with Crippen LogP contribution in [0.5, 0.6) is 0 Å². The lowest BCUT2D eigenvalue weighted by Gasteiger charge is -2.14. The maximum Gasteiger partial charge on any atom is 0.253 e. The molecule has 0 aliphatic heterocycles. The maximum absolute atomic E-state index is 11.9. The Labute approximate surface area is 119 Å². The van der Waals surface area contributed by atoms with Gasteiger partial charge in [-0.25, -0.2) is 0 Å². The molecule has 1 amide bonds. The fourth-order valence-electron chi connectivity index (χ4n) is 1.70. The number of carbonyl (C=O) groups is 1. The van der Waals surface area contributed by atoms with Gasteiger partial charge in [0.25, 0.3) is 5.91 Å². The standard InChI is InChI=1S/C14H23N3OS/c1-17(2)14(18)11-6-7-12(15)13(10-11)16-8-4-5-9-19-3/h6-7,10,16H,4-5,8-9,15H2,1-3H3. The van der Waals surface area contributed by atoms with Gasteiger partial charge >= 0.3 is 0 Å². The van der Waals surface area contributed by atoms with Crippen molar-refractivity contribution in [2.75, 3.05) is 43.7 Å². The molecule has 0 saturated heterocycles. The number of benzene rings is 1. The van der Waals surface area contributed by atoms with Crippen LogP contribution < -0.4 is 11.1 Å². The maximum atomic E-state index is 11.9. The molecule has 106 valence electrons. The van der Waals surface area contributed by atoms with Gasteiger partial charge in [-0.1, -0.05) is 0 Å². The van der Waals surface area contributed by atoms with Crippen molar-refractivity contribution in [2.45, 2.75) is 12.8 Å². The number of hydrogen-bond donors (Lipinski definition) is 2. The molecule has 0 radical (unpaired) electrons. The molecule has 1 rings (SSSR count). The molecule has 0 saturated carbocycles. The molecule has 0 bridgehead atoms. The van der Waals surface area contributed by atoms with Gasteiger partial charge in [0.05, 0.1) is 11.4 Å². The Morgan fingerprint density at radius 3 is 2.74 bits per heavy atom. The van der Waals surface area contributed by atoms with E-state index in [1.807, 2.05) is 17.8 Å². The number of amides is 1. The summed E-state index contributed by atoms with van der Waals surface area (Å²) >= 11 is 1.86. The molecule has 0 unspecified atom stereocenters. The van der Waals surface area contributed by atoms with E-state index in [0.29, 0.717) is 11.3 Å². The average Bonchev–Trinajstić information content (AvgIpc) is 2.39. The first kappa shape index (κ1) is 15.7. The zero-order valence-electron chi connectivity index (χ0n) is 11.9. The van der Waals surface area contributed by atoms with Crippen LogP contribution in [0.25, 0.3) is 0 Å². The first-order chi connectivity index (χ1) is 9.06. The number of carbonyl (C=O) groups excluding carboxylic acids is 1. The number of nitrogens with zero attached hydrogens (tertiary/aromatic N) is 1. The Morgan fingerprint density at radius 1 is 1.37 bits per heavy atom. The highest BCUT2D eigenvalue weighted by Gasteiger charge is 2.09. The lowest BCUT2D eigenvalue weighted by molar-refractivity contribution is 0.0827. The molecule has 5 heteroatoms. The van der Waals surface area contributed by atoms with Crippen LogP contribution in [0.15, 0.2) is 18.2 Å². The van der Waals surface area contributed by atoms with Crippen LogP contribution >= 0.6 is 11.8 Å². The second-order valence-corrected chi connectivity index (χ2v) is 5.61. The summed E-state index contributed by atoms with van der Waals surface area (Å²) in [5, 5.41) is 3.30. The van der Waals surface area contributed by atoms with Crippen LogP contribution in [0.2, 0.25) is 0 Å². The molecule has 0 fully saturated rings. The first-order valence-electron chi connectivity index (χ1n) is 6.40. The summed E-state index contributed by atoms with van der Waals surface area (Å²) in [7, 11) is 3.49. The molecule has 0 aliphatic carbocycles. The van der Waals surface area contributed by atoms with Gasteiger partial charge in [0.15, 0.2) is 0 Å². The number of nitrogens with one attached hydrogen (secondary N) is 1. The second-order valence-electron chi connectivity index (χ2n) is 4.63. The number of anilines is 2. The third-order valence-corrected chi connectivity index (χ3v) is 3.49. The molecule has 4 nitrogen and oxygen atoms in total. The predicted octanol–water partition coefficient (Wildman–Crippen LogP) is 2.53. The minimum absolute atomic E-state index is 0.00886. The largest absolute Gasteiger partial charge is 0.397 e. The fourth-order valence-corrected chi connectivity index (χ4v) is 2.19. The van der Waals surface area contributed by atoms with E-state index >= 15 is 0 Å². The molecule has 0 spiro atoms. The smallest absolute Gasteiger partial charge is 0.253 e. The summed E-state index contributed by atoms with van der Waals surface area (Å²) in [5.74, 6) is 1.17. The molecule has 3 N–H and O–H groups in total. The van der Waals surface area contributed by atoms with Gasteiger partial charge in [0.2, 0.25) is 0 Å². The Bertz CT molecular complexity index is 421. The van der Waals surface area contributed by atoms with E-state index in [4.69, 9.17) is 5.73 Å². The quantitative estimate of drug-likeness (QED) is 0.595. The van der Waals surface area contributed by atoms with Crippen molar-refractivity contribution in [1.82, 2.24) is 4.90 Å². The molecule has 0 aromatic heterocycles. The summed E-state index contributed by atoms with van der Waals surface area (Å²) in [6, 6.07) is 5.36. The minimum Gasteiger partial charge on any atom is -0.397 e. The summed E-state index contributed by atoms with van der Waals surface area (Å²) < 4.78 is 0. The van der Waals surface area contributed by atoms with Crippen molar-refractivity contribution in [2.24, 2.45) is 0 Å². The molecule has 0 aliphatic rings. The Morgan fingerprint density at radius 2 is 2.11 bits per heavy atom. The molecule has 1 aromatic rings. The number of nitrogens with two attached hydrogens (primary N) is 1. The highest BCUT2D eigenvalue weighted by Crippen LogP contribution is 2.20. The van der Waals surface area contributed by atoms with Crippen molar-refractivity contribution in [1.29, 1.82) is 0 Å². The molecule has 1 aromatic carbocycles. The minimum atomic E-state index is -0.00886. The van der Waals surface area contributed by atoms with Crippen molar-refractivity contribution < 1.29 is 4.79 Å². The zero-order chi connectivity index (χ0) is 14.3. The predicted molar refractivity (Wildman–Crippen MR) is 85.0 cm³/mol. The molecular formula is C14H23N3OS. The van der Waals surface area contributed by atoms with Crippen molar-refractivity contribution >= 4 is 29.0 Å². The van der Waals surface area contributed by atoms with Gasteiger partial charge in [-0.15, -0.1) is 0 Å². The summed E-state index contributed by atoms with van der Waals surface area (Å²) in [4.78, 5) is 13.4. The van der Waals surface area contributed by atoms with E-state index in [9.17, 15) is 4.79 Å². The van der Waals surface area contributed by atoms with Gasteiger partial charge in [-0.3, -0.25) is 4.79 Å². The van der Waals surface area contributed by atoms with E-state index < -0.39 is 0 Å². The lowest BCUT2D eigenvalue weighted by Crippen LogP contribution is -2.21. The lowest BCUT2D eigenvalue weighted by atomic mass is 10.1. The normalized spacial score (nSPS) is 10.3. The summed E-state index contributed by atoms with van der Waals surface area (Å²) in [5.41, 5.74) is 8.10. The van der Waals surface area contributed by atoms with Crippen LogP contribution in [0, 0.1) is 0 Å². The molecule has 0 heterocycles. The van der Waals surface area contributed by atoms with Gasteiger partial charge in [0, 0.05) is 26.2 Å². The number of rotatable bonds is 7. The van der Waals surface area contributed by atoms with Crippen LogP contribution in [-0.2, 0) is 0 Å². The molecular weight excluding hydrogens is 258 g/mol. The number of thioether (sulfide) groups is 1. The monoisotopic (exact) mass is 281 g/mol. The van der Waals surface area contributed by atoms with E-state index in [1.54, 1.807) is 31.1 Å². The third kappa shape index (κ3) is 5.03. The first-order valence-corrected chi connectivity index (χ1v) is 7.79. The SMILES string of the molecule is CSCCCCNc1cc(C(=O)N(C)C)ccc1N. The summed E-state index contributed by atoms with van der Waals surface area (Å²) in [6.45, 7) is 0.879. The van der Waals surface area contributed by atoms with Crippen LogP contribution in [0.3, 0.4) is 0 Å². The highest BCUT2D eigenvalue weighted by atomic mass is 32.2. The van der Waals surface area contributed by atoms with Crippen molar-refractivity contribution in [3.05, 3.63) is 23.8 Å². The van der Waals surface area contributed by atoms with Gasteiger partial charge in [-0.05, 0) is 43.0 Å². The van der Waals surface area contributed by atoms with E-state index in [0.717, 1.165) is 18.7 Å². The van der Waals surface area contributed by atoms with Gasteiger partial charge in [-0.2, -0.15) is 11.8 Å². The van der Waals surface area contributed by atoms with Crippen LogP contribution in [0.4, 0.5) is 11.4 Å². The number of hydrogen-bond acceptors (Lipinski definition) is 4. The molecule has 0 atom stereocenters. The van der Waals surface area contributed by atoms with E-state index in [-0.39, 0.29) is 5.91 Å². The van der Waals surface area contributed by atoms with Crippen LogP contribution in [0.1, 0.15) is 23.2 Å². The summed E-state index contributed by atoms with van der Waals surface area (Å²) in [6.07, 6.45) is 4.40. The van der Waals surface area contributed by atoms with Crippen molar-refractivity contribution in [3.63, 3.8) is 0 Å². The number of unbranched alkanes of at least 4 members (excludes halogenated alkanes) is 1. The topological polar surface area (TPSA) is 58.4 Å². The zero-order valence-corrected chi connectivity index (χ0v) is 12.7. The average molecular weight is 281 g/mol. The van der Waals surface area contributed by atoms with Gasteiger partial charge < -0.3 is 16.0 Å². The Hall–Kier alpha value is -1.36. The van der Waals surface area contributed by atoms with Crippen LogP contribution in [-0.4, -0.2) is 43.5 Å². The van der Waals surface area contributed by atoms with E-state index in [2.05, 4.69) is 11.6 Å². The Kier molecular flexibility index (Phi) is 6.56. The second kappa shape index (κ2) is 7.94.